The van der Waals surface area contributed by atoms with Crippen LogP contribution >= 0.6 is 0 Å². The van der Waals surface area contributed by atoms with Crippen molar-refractivity contribution in [2.45, 2.75) is 19.8 Å². The molecule has 0 saturated carbocycles. The highest BCUT2D eigenvalue weighted by molar-refractivity contribution is 5.91. The monoisotopic (exact) mass is 254 g/mol. The molecule has 98 valence electrons. The van der Waals surface area contributed by atoms with Crippen LogP contribution < -0.4 is 11.1 Å². The van der Waals surface area contributed by atoms with Crippen molar-refractivity contribution in [2.75, 3.05) is 11.1 Å². The number of anilines is 2. The maximum absolute atomic E-state index is 11.9. The van der Waals surface area contributed by atoms with Crippen molar-refractivity contribution >= 4 is 17.3 Å². The minimum Gasteiger partial charge on any atom is -0.399 e. The normalized spacial score (nSPS) is 10.2. The molecule has 1 amide bonds. The fourth-order valence-electron chi connectivity index (χ4n) is 1.98. The first-order chi connectivity index (χ1) is 9.15. The Balaban J connectivity index is 1.90. The third-order valence-corrected chi connectivity index (χ3v) is 3.05. The quantitative estimate of drug-likeness (QED) is 0.823. The number of aryl methyl sites for hydroxylation is 2. The number of nitrogens with two attached hydrogens (primary N) is 1. The lowest BCUT2D eigenvalue weighted by molar-refractivity contribution is -0.116. The molecule has 0 aliphatic rings. The van der Waals surface area contributed by atoms with E-state index in [-0.39, 0.29) is 5.91 Å². The number of carbonyl (C=O) groups excluding carboxylic acids is 1. The molecular formula is C16H18N2O. The number of nitrogens with one attached hydrogen (secondary N) is 1. The summed E-state index contributed by atoms with van der Waals surface area (Å²) in [6.45, 7) is 2.06. The Morgan fingerprint density at radius 1 is 1.16 bits per heavy atom. The lowest BCUT2D eigenvalue weighted by Crippen LogP contribution is -2.12. The van der Waals surface area contributed by atoms with Gasteiger partial charge in [-0.15, -0.1) is 0 Å². The van der Waals surface area contributed by atoms with Crippen LogP contribution in [0.5, 0.6) is 0 Å². The van der Waals surface area contributed by atoms with Crippen LogP contribution in [-0.2, 0) is 11.2 Å². The summed E-state index contributed by atoms with van der Waals surface area (Å²) in [4.78, 5) is 11.9. The Kier molecular flexibility index (Phi) is 4.18. The number of hydrogen-bond donors (Lipinski definition) is 2. The Bertz CT molecular complexity index is 578. The average molecular weight is 254 g/mol. The second-order valence-electron chi connectivity index (χ2n) is 4.60. The molecule has 2 rings (SSSR count). The van der Waals surface area contributed by atoms with Crippen LogP contribution in [0.3, 0.4) is 0 Å². The zero-order valence-corrected chi connectivity index (χ0v) is 11.0. The summed E-state index contributed by atoms with van der Waals surface area (Å²) in [5.41, 5.74) is 9.50. The zero-order chi connectivity index (χ0) is 13.7. The minimum absolute atomic E-state index is 0.00820. The first kappa shape index (κ1) is 13.1. The number of rotatable bonds is 4. The first-order valence-electron chi connectivity index (χ1n) is 6.35. The fourth-order valence-corrected chi connectivity index (χ4v) is 1.98. The number of hydrogen-bond acceptors (Lipinski definition) is 2. The van der Waals surface area contributed by atoms with Crippen LogP contribution in [0.1, 0.15) is 17.5 Å². The van der Waals surface area contributed by atoms with E-state index in [1.165, 1.54) is 11.1 Å². The molecule has 3 nitrogen and oxygen atoms in total. The lowest BCUT2D eigenvalue weighted by atomic mass is 10.0. The highest BCUT2D eigenvalue weighted by atomic mass is 16.1. The zero-order valence-electron chi connectivity index (χ0n) is 11.0. The van der Waals surface area contributed by atoms with Crippen LogP contribution in [0.2, 0.25) is 0 Å². The van der Waals surface area contributed by atoms with Gasteiger partial charge in [-0.1, -0.05) is 30.3 Å². The van der Waals surface area contributed by atoms with Gasteiger partial charge in [0.25, 0.3) is 0 Å². The topological polar surface area (TPSA) is 55.1 Å². The second kappa shape index (κ2) is 6.05. The van der Waals surface area contributed by atoms with Crippen molar-refractivity contribution in [3.63, 3.8) is 0 Å². The van der Waals surface area contributed by atoms with Gasteiger partial charge in [-0.3, -0.25) is 4.79 Å². The first-order valence-corrected chi connectivity index (χ1v) is 6.35. The molecule has 2 aromatic rings. The van der Waals surface area contributed by atoms with Gasteiger partial charge in [0.15, 0.2) is 0 Å². The van der Waals surface area contributed by atoms with E-state index in [1.54, 1.807) is 12.1 Å². The van der Waals surface area contributed by atoms with Gasteiger partial charge in [-0.25, -0.2) is 0 Å². The molecule has 19 heavy (non-hydrogen) atoms. The highest BCUT2D eigenvalue weighted by Gasteiger charge is 2.04. The van der Waals surface area contributed by atoms with E-state index >= 15 is 0 Å². The van der Waals surface area contributed by atoms with Crippen LogP contribution in [-0.4, -0.2) is 5.91 Å². The summed E-state index contributed by atoms with van der Waals surface area (Å²) < 4.78 is 0. The number of amides is 1. The van der Waals surface area contributed by atoms with Crippen LogP contribution in [0.25, 0.3) is 0 Å². The van der Waals surface area contributed by atoms with Crippen molar-refractivity contribution in [1.82, 2.24) is 0 Å². The van der Waals surface area contributed by atoms with Gasteiger partial charge in [0.2, 0.25) is 5.91 Å². The van der Waals surface area contributed by atoms with Crippen molar-refractivity contribution in [3.05, 3.63) is 59.7 Å². The van der Waals surface area contributed by atoms with E-state index in [9.17, 15) is 4.79 Å². The van der Waals surface area contributed by atoms with Crippen molar-refractivity contribution in [3.8, 4) is 0 Å². The molecule has 3 heteroatoms. The molecule has 2 aromatic carbocycles. The van der Waals surface area contributed by atoms with E-state index in [4.69, 9.17) is 5.73 Å². The SMILES string of the molecule is Cc1ccccc1CCC(=O)Nc1cccc(N)c1. The highest BCUT2D eigenvalue weighted by Crippen LogP contribution is 2.13. The Hall–Kier alpha value is -2.29. The maximum Gasteiger partial charge on any atom is 0.224 e. The van der Waals surface area contributed by atoms with E-state index in [1.807, 2.05) is 24.3 Å². The fraction of sp³-hybridized carbons (Fsp3) is 0.188. The molecule has 0 aliphatic heterocycles. The molecule has 0 unspecified atom stereocenters. The van der Waals surface area contributed by atoms with Crippen molar-refractivity contribution < 1.29 is 4.79 Å². The minimum atomic E-state index is 0.00820. The van der Waals surface area contributed by atoms with Gasteiger partial charge < -0.3 is 11.1 Å². The van der Waals surface area contributed by atoms with E-state index in [0.717, 1.165) is 12.1 Å². The summed E-state index contributed by atoms with van der Waals surface area (Å²) in [6, 6.07) is 15.3. The second-order valence-corrected chi connectivity index (χ2v) is 4.60. The molecule has 0 bridgehead atoms. The number of carbonyl (C=O) groups is 1. The average Bonchev–Trinajstić information content (AvgIpc) is 2.38. The molecule has 3 N–H and O–H groups in total. The number of nitrogen functional groups attached to an aromatic ring is 1. The van der Waals surface area contributed by atoms with E-state index in [2.05, 4.69) is 24.4 Å². The molecule has 0 heterocycles. The molecule has 0 saturated heterocycles. The molecule has 0 atom stereocenters. The molecule has 0 aromatic heterocycles. The van der Waals surface area contributed by atoms with E-state index in [0.29, 0.717) is 12.1 Å². The molecular weight excluding hydrogens is 236 g/mol. The summed E-state index contributed by atoms with van der Waals surface area (Å²) >= 11 is 0. The molecule has 0 fully saturated rings. The summed E-state index contributed by atoms with van der Waals surface area (Å²) in [7, 11) is 0. The van der Waals surface area contributed by atoms with Crippen molar-refractivity contribution in [1.29, 1.82) is 0 Å². The molecule has 0 aliphatic carbocycles. The Morgan fingerprint density at radius 2 is 1.95 bits per heavy atom. The Morgan fingerprint density at radius 3 is 2.68 bits per heavy atom. The third-order valence-electron chi connectivity index (χ3n) is 3.05. The maximum atomic E-state index is 11.9. The van der Waals surface area contributed by atoms with Gasteiger partial charge in [-0.05, 0) is 42.7 Å². The van der Waals surface area contributed by atoms with Gasteiger partial charge in [0, 0.05) is 17.8 Å². The van der Waals surface area contributed by atoms with Crippen molar-refractivity contribution in [2.24, 2.45) is 0 Å². The predicted octanol–water partition coefficient (Wildman–Crippen LogP) is 3.15. The van der Waals surface area contributed by atoms with Crippen LogP contribution in [0.4, 0.5) is 11.4 Å². The van der Waals surface area contributed by atoms with Crippen LogP contribution in [0, 0.1) is 6.92 Å². The standard InChI is InChI=1S/C16H18N2O/c1-12-5-2-3-6-13(12)9-10-16(19)18-15-8-4-7-14(17)11-15/h2-8,11H,9-10,17H2,1H3,(H,18,19). The third kappa shape index (κ3) is 3.85. The summed E-state index contributed by atoms with van der Waals surface area (Å²) in [5.74, 6) is 0.00820. The van der Waals surface area contributed by atoms with Gasteiger partial charge in [-0.2, -0.15) is 0 Å². The molecule has 0 spiro atoms. The smallest absolute Gasteiger partial charge is 0.224 e. The number of benzene rings is 2. The van der Waals surface area contributed by atoms with Crippen LogP contribution in [0.15, 0.2) is 48.5 Å². The predicted molar refractivity (Wildman–Crippen MR) is 79.0 cm³/mol. The Labute approximate surface area is 113 Å². The van der Waals surface area contributed by atoms with Gasteiger partial charge in [0.1, 0.15) is 0 Å². The summed E-state index contributed by atoms with van der Waals surface area (Å²) in [6.07, 6.45) is 1.22. The van der Waals surface area contributed by atoms with E-state index < -0.39 is 0 Å². The largest absolute Gasteiger partial charge is 0.399 e. The van der Waals surface area contributed by atoms with Gasteiger partial charge >= 0.3 is 0 Å². The van der Waals surface area contributed by atoms with Gasteiger partial charge in [0.05, 0.1) is 0 Å². The lowest BCUT2D eigenvalue weighted by Gasteiger charge is -2.07. The molecule has 0 radical (unpaired) electrons. The summed E-state index contributed by atoms with van der Waals surface area (Å²) in [5, 5.41) is 2.85.